The number of carbonyl (C=O) groups is 1. The summed E-state index contributed by atoms with van der Waals surface area (Å²) in [5.74, 6) is -2.22. The average Bonchev–Trinajstić information content (AvgIpc) is 2.50. The van der Waals surface area contributed by atoms with Crippen LogP contribution in [0.25, 0.3) is 0 Å². The van der Waals surface area contributed by atoms with Crippen molar-refractivity contribution in [2.45, 2.75) is 6.54 Å². The fourth-order valence-corrected chi connectivity index (χ4v) is 2.52. The molecule has 3 nitrogen and oxygen atoms in total. The Morgan fingerprint density at radius 2 is 1.83 bits per heavy atom. The maximum Gasteiger partial charge on any atom is 0.255 e. The van der Waals surface area contributed by atoms with Gasteiger partial charge in [-0.2, -0.15) is 0 Å². The van der Waals surface area contributed by atoms with Crippen LogP contribution in [-0.4, -0.2) is 25.0 Å². The highest BCUT2D eigenvalue weighted by atomic mass is 35.5. The Morgan fingerprint density at radius 1 is 1.17 bits per heavy atom. The molecule has 0 aliphatic rings. The summed E-state index contributed by atoms with van der Waals surface area (Å²) >= 11 is 11.8. The molecule has 0 atom stereocenters. The second kappa shape index (κ2) is 7.15. The Kier molecular flexibility index (Phi) is 5.44. The number of hydrogen-bond donors (Lipinski definition) is 0. The van der Waals surface area contributed by atoms with E-state index in [0.717, 1.165) is 12.1 Å². The van der Waals surface area contributed by atoms with Gasteiger partial charge in [0.15, 0.2) is 11.6 Å². The van der Waals surface area contributed by atoms with Gasteiger partial charge in [-0.3, -0.25) is 4.79 Å². The zero-order valence-electron chi connectivity index (χ0n) is 12.4. The number of hydrogen-bond acceptors (Lipinski definition) is 2. The van der Waals surface area contributed by atoms with Crippen molar-refractivity contribution in [3.8, 4) is 5.75 Å². The lowest BCUT2D eigenvalue weighted by atomic mass is 10.1. The molecule has 0 aliphatic heterocycles. The van der Waals surface area contributed by atoms with Gasteiger partial charge in [0.1, 0.15) is 5.75 Å². The van der Waals surface area contributed by atoms with Crippen LogP contribution in [0.1, 0.15) is 15.9 Å². The molecule has 0 radical (unpaired) electrons. The normalized spacial score (nSPS) is 10.5. The van der Waals surface area contributed by atoms with E-state index >= 15 is 0 Å². The van der Waals surface area contributed by atoms with Crippen molar-refractivity contribution in [1.29, 1.82) is 0 Å². The Labute approximate surface area is 142 Å². The first-order chi connectivity index (χ1) is 10.8. The number of rotatable bonds is 4. The maximum atomic E-state index is 13.3. The molecule has 1 amide bonds. The number of halogens is 4. The molecule has 0 aromatic heterocycles. The molecule has 0 N–H and O–H groups in total. The molecule has 0 spiro atoms. The molecule has 0 unspecified atom stereocenters. The van der Waals surface area contributed by atoms with E-state index < -0.39 is 17.5 Å². The molecule has 2 aromatic rings. The molecule has 7 heteroatoms. The van der Waals surface area contributed by atoms with Gasteiger partial charge in [-0.15, -0.1) is 0 Å². The van der Waals surface area contributed by atoms with Gasteiger partial charge in [0, 0.05) is 24.2 Å². The van der Waals surface area contributed by atoms with Gasteiger partial charge in [-0.1, -0.05) is 23.2 Å². The van der Waals surface area contributed by atoms with E-state index in [0.29, 0.717) is 16.3 Å². The van der Waals surface area contributed by atoms with Crippen molar-refractivity contribution >= 4 is 29.1 Å². The zero-order valence-corrected chi connectivity index (χ0v) is 13.9. The number of benzene rings is 2. The van der Waals surface area contributed by atoms with Crippen molar-refractivity contribution in [2.24, 2.45) is 0 Å². The van der Waals surface area contributed by atoms with E-state index in [4.69, 9.17) is 27.9 Å². The molecule has 0 fully saturated rings. The minimum absolute atomic E-state index is 0.117. The van der Waals surface area contributed by atoms with Crippen molar-refractivity contribution in [2.75, 3.05) is 14.2 Å². The Balaban J connectivity index is 2.27. The monoisotopic (exact) mass is 359 g/mol. The molecule has 0 bridgehead atoms. The van der Waals surface area contributed by atoms with E-state index in [1.54, 1.807) is 18.2 Å². The smallest absolute Gasteiger partial charge is 0.255 e. The molecule has 122 valence electrons. The largest absolute Gasteiger partial charge is 0.496 e. The van der Waals surface area contributed by atoms with E-state index in [9.17, 15) is 13.6 Å². The number of amides is 1. The van der Waals surface area contributed by atoms with Crippen LogP contribution >= 0.6 is 23.2 Å². The summed E-state index contributed by atoms with van der Waals surface area (Å²) in [6.07, 6.45) is 0. The third-order valence-electron chi connectivity index (χ3n) is 3.24. The number of carbonyl (C=O) groups excluding carboxylic acids is 1. The summed E-state index contributed by atoms with van der Waals surface area (Å²) in [5, 5.41) is 0.339. The molecular formula is C16H13Cl2F2NO2. The summed E-state index contributed by atoms with van der Waals surface area (Å²) < 4.78 is 31.7. The van der Waals surface area contributed by atoms with Crippen molar-refractivity contribution in [1.82, 2.24) is 4.90 Å². The zero-order chi connectivity index (χ0) is 17.1. The van der Waals surface area contributed by atoms with Crippen LogP contribution in [-0.2, 0) is 6.54 Å². The summed E-state index contributed by atoms with van der Waals surface area (Å²) in [6.45, 7) is 0.165. The third-order valence-corrected chi connectivity index (χ3v) is 3.78. The molecule has 2 aromatic carbocycles. The Hall–Kier alpha value is -1.85. The molecule has 0 heterocycles. The lowest BCUT2D eigenvalue weighted by Crippen LogP contribution is -2.27. The van der Waals surface area contributed by atoms with Crippen molar-refractivity contribution in [3.63, 3.8) is 0 Å². The summed E-state index contributed by atoms with van der Waals surface area (Å²) in [4.78, 5) is 13.7. The van der Waals surface area contributed by atoms with Gasteiger partial charge in [-0.25, -0.2) is 8.78 Å². The lowest BCUT2D eigenvalue weighted by Gasteiger charge is -2.20. The van der Waals surface area contributed by atoms with Gasteiger partial charge in [0.05, 0.1) is 17.7 Å². The second-order valence-corrected chi connectivity index (χ2v) is 5.71. The molecule has 23 heavy (non-hydrogen) atoms. The number of ether oxygens (including phenoxy) is 1. The Morgan fingerprint density at radius 3 is 2.48 bits per heavy atom. The number of methoxy groups -OCH3 is 1. The fourth-order valence-electron chi connectivity index (χ4n) is 2.09. The highest BCUT2D eigenvalue weighted by Gasteiger charge is 2.19. The molecule has 2 rings (SSSR count). The van der Waals surface area contributed by atoms with Gasteiger partial charge >= 0.3 is 0 Å². The predicted octanol–water partition coefficient (Wildman–Crippen LogP) is 4.55. The summed E-state index contributed by atoms with van der Waals surface area (Å²) in [7, 11) is 3.01. The van der Waals surface area contributed by atoms with Crippen LogP contribution in [0.5, 0.6) is 5.75 Å². The molecule has 0 saturated heterocycles. The molecule has 0 saturated carbocycles. The topological polar surface area (TPSA) is 29.5 Å². The van der Waals surface area contributed by atoms with Gasteiger partial charge in [-0.05, 0) is 30.3 Å². The van der Waals surface area contributed by atoms with E-state index in [2.05, 4.69) is 0 Å². The van der Waals surface area contributed by atoms with Crippen LogP contribution in [0.15, 0.2) is 30.3 Å². The summed E-state index contributed by atoms with van der Waals surface area (Å²) in [6, 6.07) is 6.57. The fraction of sp³-hybridized carbons (Fsp3) is 0.188. The van der Waals surface area contributed by atoms with Crippen LogP contribution in [0.4, 0.5) is 8.78 Å². The van der Waals surface area contributed by atoms with Crippen LogP contribution in [0, 0.1) is 11.6 Å². The molecular weight excluding hydrogens is 347 g/mol. The van der Waals surface area contributed by atoms with Gasteiger partial charge < -0.3 is 9.64 Å². The van der Waals surface area contributed by atoms with E-state index in [1.807, 2.05) is 0 Å². The minimum Gasteiger partial charge on any atom is -0.496 e. The van der Waals surface area contributed by atoms with Crippen LogP contribution in [0.2, 0.25) is 10.0 Å². The Bertz CT molecular complexity index is 753. The van der Waals surface area contributed by atoms with Gasteiger partial charge in [0.2, 0.25) is 0 Å². The first-order valence-corrected chi connectivity index (χ1v) is 7.31. The minimum atomic E-state index is -1.13. The highest BCUT2D eigenvalue weighted by Crippen LogP contribution is 2.26. The molecule has 0 aliphatic carbocycles. The van der Waals surface area contributed by atoms with Crippen LogP contribution in [0.3, 0.4) is 0 Å². The first-order valence-electron chi connectivity index (χ1n) is 6.56. The quantitative estimate of drug-likeness (QED) is 0.749. The second-order valence-electron chi connectivity index (χ2n) is 4.86. The van der Waals surface area contributed by atoms with Crippen molar-refractivity contribution < 1.29 is 18.3 Å². The standard InChI is InChI=1S/C16H13Cl2F2NO2/c1-21(8-9-5-10(17)3-4-15(9)23-2)16(22)11-6-13(19)14(20)7-12(11)18/h3-7H,8H2,1-2H3. The lowest BCUT2D eigenvalue weighted by molar-refractivity contribution is 0.0783. The van der Waals surface area contributed by atoms with E-state index in [1.165, 1.54) is 19.1 Å². The number of nitrogens with zero attached hydrogens (tertiary/aromatic N) is 1. The predicted molar refractivity (Wildman–Crippen MR) is 85.2 cm³/mol. The average molecular weight is 360 g/mol. The highest BCUT2D eigenvalue weighted by molar-refractivity contribution is 6.33. The van der Waals surface area contributed by atoms with Gasteiger partial charge in [0.25, 0.3) is 5.91 Å². The van der Waals surface area contributed by atoms with Crippen molar-refractivity contribution in [3.05, 3.63) is 63.1 Å². The maximum absolute atomic E-state index is 13.3. The van der Waals surface area contributed by atoms with Crippen LogP contribution < -0.4 is 4.74 Å². The SMILES string of the molecule is COc1ccc(Cl)cc1CN(C)C(=O)c1cc(F)c(F)cc1Cl. The first kappa shape index (κ1) is 17.5. The van der Waals surface area contributed by atoms with E-state index in [-0.39, 0.29) is 17.1 Å². The third kappa shape index (κ3) is 3.92. The summed E-state index contributed by atoms with van der Waals surface area (Å²) in [5.41, 5.74) is 0.559.